The normalized spacial score (nSPS) is 27.3. The van der Waals surface area contributed by atoms with E-state index in [0.29, 0.717) is 6.04 Å². The third-order valence-electron chi connectivity index (χ3n) is 5.30. The van der Waals surface area contributed by atoms with E-state index in [4.69, 9.17) is 4.42 Å². The summed E-state index contributed by atoms with van der Waals surface area (Å²) in [7, 11) is 0. The lowest BCUT2D eigenvalue weighted by Crippen LogP contribution is -2.37. The number of β-amino-alcohol motifs (C(OH)–C–C–N with tert-alkyl or cyclic N) is 1. The Labute approximate surface area is 124 Å². The number of likely N-dealkylation sites (tertiary alicyclic amines) is 1. The van der Waals surface area contributed by atoms with Gasteiger partial charge in [-0.05, 0) is 43.5 Å². The van der Waals surface area contributed by atoms with E-state index in [2.05, 4.69) is 17.1 Å². The van der Waals surface area contributed by atoms with E-state index in [-0.39, 0.29) is 0 Å². The molecule has 0 radical (unpaired) electrons. The van der Waals surface area contributed by atoms with Crippen LogP contribution < -0.4 is 5.32 Å². The Morgan fingerprint density at radius 1 is 1.38 bits per heavy atom. The molecule has 2 saturated heterocycles. The molecular formula is C17H22N2O2. The molecule has 2 unspecified atom stereocenters. The van der Waals surface area contributed by atoms with Crippen LogP contribution in [0.25, 0.3) is 10.8 Å². The van der Waals surface area contributed by atoms with Crippen LogP contribution in [-0.4, -0.2) is 42.2 Å². The highest BCUT2D eigenvalue weighted by Crippen LogP contribution is 2.31. The van der Waals surface area contributed by atoms with Gasteiger partial charge in [0.05, 0.1) is 18.6 Å². The minimum absolute atomic E-state index is 0.427. The third-order valence-corrected chi connectivity index (χ3v) is 5.30. The maximum Gasteiger partial charge on any atom is 0.0984 e. The fourth-order valence-corrected chi connectivity index (χ4v) is 4.05. The Kier molecular flexibility index (Phi) is 3.25. The van der Waals surface area contributed by atoms with Gasteiger partial charge in [-0.3, -0.25) is 4.90 Å². The van der Waals surface area contributed by atoms with Crippen molar-refractivity contribution in [1.82, 2.24) is 10.2 Å². The number of aryl methyl sites for hydroxylation is 1. The molecule has 2 N–H and O–H groups in total. The Morgan fingerprint density at radius 2 is 2.29 bits per heavy atom. The lowest BCUT2D eigenvalue weighted by atomic mass is 9.98. The standard InChI is InChI=1S/C17H22N2O2/c1-11-14(3-2-13-9-21-10-15(11)13)17(20)8-19-5-4-12-6-18-7-16(12)19/h2-3,9-10,12,16-18,20H,4-8H2,1H3/t12?,16?,17-/m0/s1. The molecule has 2 aliphatic heterocycles. The topological polar surface area (TPSA) is 48.6 Å². The summed E-state index contributed by atoms with van der Waals surface area (Å²) in [6, 6.07) is 4.68. The summed E-state index contributed by atoms with van der Waals surface area (Å²) in [4.78, 5) is 2.45. The van der Waals surface area contributed by atoms with Crippen molar-refractivity contribution in [2.75, 3.05) is 26.2 Å². The highest BCUT2D eigenvalue weighted by atomic mass is 16.3. The van der Waals surface area contributed by atoms with Crippen LogP contribution in [0.1, 0.15) is 23.7 Å². The number of nitrogens with zero attached hydrogens (tertiary/aromatic N) is 1. The third kappa shape index (κ3) is 2.18. The number of furan rings is 1. The second kappa shape index (κ2) is 5.13. The highest BCUT2D eigenvalue weighted by molar-refractivity contribution is 5.85. The average Bonchev–Trinajstić information content (AvgIpc) is 3.16. The van der Waals surface area contributed by atoms with E-state index in [0.717, 1.165) is 54.0 Å². The summed E-state index contributed by atoms with van der Waals surface area (Å²) in [6.07, 6.45) is 4.36. The molecule has 4 nitrogen and oxygen atoms in total. The van der Waals surface area contributed by atoms with Crippen LogP contribution in [0.2, 0.25) is 0 Å². The van der Waals surface area contributed by atoms with Gasteiger partial charge in [0, 0.05) is 29.9 Å². The molecule has 2 aliphatic rings. The highest BCUT2D eigenvalue weighted by Gasteiger charge is 2.38. The molecule has 112 valence electrons. The summed E-state index contributed by atoms with van der Waals surface area (Å²) >= 11 is 0. The van der Waals surface area contributed by atoms with E-state index in [9.17, 15) is 5.11 Å². The fraction of sp³-hybridized carbons (Fsp3) is 0.529. The van der Waals surface area contributed by atoms with Crippen LogP contribution in [0.4, 0.5) is 0 Å². The minimum Gasteiger partial charge on any atom is -0.471 e. The number of rotatable bonds is 3. The molecule has 2 aromatic rings. The van der Waals surface area contributed by atoms with Crippen LogP contribution in [0.15, 0.2) is 29.1 Å². The van der Waals surface area contributed by atoms with Crippen molar-refractivity contribution in [2.45, 2.75) is 25.5 Å². The average molecular weight is 286 g/mol. The van der Waals surface area contributed by atoms with Gasteiger partial charge in [-0.25, -0.2) is 0 Å². The fourth-order valence-electron chi connectivity index (χ4n) is 4.05. The summed E-state index contributed by atoms with van der Waals surface area (Å²) in [5.74, 6) is 0.773. The van der Waals surface area contributed by atoms with Crippen LogP contribution >= 0.6 is 0 Å². The molecular weight excluding hydrogens is 264 g/mol. The largest absolute Gasteiger partial charge is 0.471 e. The van der Waals surface area contributed by atoms with Crippen molar-refractivity contribution in [3.8, 4) is 0 Å². The molecule has 4 heteroatoms. The van der Waals surface area contributed by atoms with Gasteiger partial charge in [0.15, 0.2) is 0 Å². The quantitative estimate of drug-likeness (QED) is 0.907. The van der Waals surface area contributed by atoms with Gasteiger partial charge in [0.2, 0.25) is 0 Å². The van der Waals surface area contributed by atoms with E-state index < -0.39 is 6.10 Å². The minimum atomic E-state index is -0.427. The first-order valence-electron chi connectivity index (χ1n) is 7.82. The number of nitrogens with one attached hydrogen (secondary N) is 1. The van der Waals surface area contributed by atoms with Crippen LogP contribution in [0.5, 0.6) is 0 Å². The van der Waals surface area contributed by atoms with E-state index in [1.165, 1.54) is 6.42 Å². The number of hydrogen-bond donors (Lipinski definition) is 2. The first-order chi connectivity index (χ1) is 10.2. The zero-order chi connectivity index (χ0) is 14.4. The second-order valence-electron chi connectivity index (χ2n) is 6.44. The molecule has 3 heterocycles. The number of fused-ring (bicyclic) bond motifs is 2. The van der Waals surface area contributed by atoms with Gasteiger partial charge in [0.25, 0.3) is 0 Å². The van der Waals surface area contributed by atoms with Crippen LogP contribution in [0, 0.1) is 12.8 Å². The Bertz CT molecular complexity index is 651. The number of aliphatic hydroxyl groups is 1. The molecule has 1 aromatic carbocycles. The van der Waals surface area contributed by atoms with Crippen molar-refractivity contribution < 1.29 is 9.52 Å². The molecule has 1 aromatic heterocycles. The molecule has 4 rings (SSSR count). The molecule has 21 heavy (non-hydrogen) atoms. The van der Waals surface area contributed by atoms with Crippen LogP contribution in [-0.2, 0) is 0 Å². The van der Waals surface area contributed by atoms with Crippen molar-refractivity contribution in [3.05, 3.63) is 35.8 Å². The molecule has 0 spiro atoms. The molecule has 0 aliphatic carbocycles. The Morgan fingerprint density at radius 3 is 3.19 bits per heavy atom. The van der Waals surface area contributed by atoms with E-state index in [1.807, 2.05) is 12.1 Å². The van der Waals surface area contributed by atoms with Gasteiger partial charge in [-0.15, -0.1) is 0 Å². The molecule has 0 amide bonds. The monoisotopic (exact) mass is 286 g/mol. The zero-order valence-electron chi connectivity index (χ0n) is 12.4. The second-order valence-corrected chi connectivity index (χ2v) is 6.44. The van der Waals surface area contributed by atoms with Gasteiger partial charge in [0.1, 0.15) is 0 Å². The van der Waals surface area contributed by atoms with Gasteiger partial charge in [-0.2, -0.15) is 0 Å². The summed E-state index contributed by atoms with van der Waals surface area (Å²) in [5.41, 5.74) is 2.16. The number of hydrogen-bond acceptors (Lipinski definition) is 4. The summed E-state index contributed by atoms with van der Waals surface area (Å²) < 4.78 is 5.27. The Hall–Kier alpha value is -1.36. The van der Waals surface area contributed by atoms with E-state index >= 15 is 0 Å². The number of aliphatic hydroxyl groups excluding tert-OH is 1. The maximum absolute atomic E-state index is 10.7. The Balaban J connectivity index is 1.56. The smallest absolute Gasteiger partial charge is 0.0984 e. The first kappa shape index (κ1) is 13.3. The summed E-state index contributed by atoms with van der Waals surface area (Å²) in [5, 5.41) is 16.4. The summed E-state index contributed by atoms with van der Waals surface area (Å²) in [6.45, 7) is 6.11. The molecule has 3 atom stereocenters. The number of benzene rings is 1. The lowest BCUT2D eigenvalue weighted by Gasteiger charge is -2.26. The van der Waals surface area contributed by atoms with Gasteiger partial charge >= 0.3 is 0 Å². The molecule has 0 saturated carbocycles. The van der Waals surface area contributed by atoms with Crippen molar-refractivity contribution in [2.24, 2.45) is 5.92 Å². The zero-order valence-corrected chi connectivity index (χ0v) is 12.4. The van der Waals surface area contributed by atoms with Gasteiger partial charge in [-0.1, -0.05) is 12.1 Å². The molecule has 2 fully saturated rings. The van der Waals surface area contributed by atoms with Crippen molar-refractivity contribution in [3.63, 3.8) is 0 Å². The lowest BCUT2D eigenvalue weighted by molar-refractivity contribution is 0.106. The predicted octanol–water partition coefficient (Wildman–Crippen LogP) is 2.07. The predicted molar refractivity (Wildman–Crippen MR) is 82.2 cm³/mol. The molecule has 0 bridgehead atoms. The maximum atomic E-state index is 10.7. The van der Waals surface area contributed by atoms with E-state index in [1.54, 1.807) is 12.5 Å². The SMILES string of the molecule is Cc1c([C@@H](O)CN2CCC3CNCC32)ccc2cocc12. The van der Waals surface area contributed by atoms with Crippen LogP contribution in [0.3, 0.4) is 0 Å². The first-order valence-corrected chi connectivity index (χ1v) is 7.82. The van der Waals surface area contributed by atoms with Crippen molar-refractivity contribution >= 4 is 10.8 Å². The van der Waals surface area contributed by atoms with Crippen molar-refractivity contribution in [1.29, 1.82) is 0 Å². The van der Waals surface area contributed by atoms with Gasteiger partial charge < -0.3 is 14.8 Å².